The highest BCUT2D eigenvalue weighted by Crippen LogP contribution is 2.24. The Hall–Kier alpha value is -0.120. The molecule has 1 aliphatic rings. The van der Waals surface area contributed by atoms with Crippen molar-refractivity contribution in [3.63, 3.8) is 0 Å². The van der Waals surface area contributed by atoms with E-state index in [9.17, 15) is 0 Å². The van der Waals surface area contributed by atoms with Crippen LogP contribution in [0.15, 0.2) is 0 Å². The summed E-state index contributed by atoms with van der Waals surface area (Å²) in [6.07, 6.45) is 6.24. The van der Waals surface area contributed by atoms with Crippen LogP contribution in [0.5, 0.6) is 0 Å². The van der Waals surface area contributed by atoms with Gasteiger partial charge in [-0.05, 0) is 32.2 Å². The number of nitrogens with one attached hydrogen (secondary N) is 1. The molecule has 0 aromatic rings. The van der Waals surface area contributed by atoms with Gasteiger partial charge in [-0.2, -0.15) is 0 Å². The summed E-state index contributed by atoms with van der Waals surface area (Å²) in [5, 5.41) is 12.3. The normalized spacial score (nSPS) is 17.0. The van der Waals surface area contributed by atoms with Crippen molar-refractivity contribution in [1.82, 2.24) is 10.2 Å². The molecule has 0 aliphatic heterocycles. The highest BCUT2D eigenvalue weighted by atomic mass is 16.3. The summed E-state index contributed by atoms with van der Waals surface area (Å²) in [7, 11) is 0. The fourth-order valence-corrected chi connectivity index (χ4v) is 2.03. The van der Waals surface area contributed by atoms with E-state index in [-0.39, 0.29) is 0 Å². The first-order chi connectivity index (χ1) is 7.38. The zero-order valence-electron chi connectivity index (χ0n) is 10.0. The lowest BCUT2D eigenvalue weighted by Gasteiger charge is -2.37. The van der Waals surface area contributed by atoms with E-state index >= 15 is 0 Å². The van der Waals surface area contributed by atoms with Gasteiger partial charge in [-0.1, -0.05) is 13.3 Å². The van der Waals surface area contributed by atoms with Gasteiger partial charge in [-0.25, -0.2) is 0 Å². The predicted molar refractivity (Wildman–Crippen MR) is 64.1 cm³/mol. The number of nitrogens with zero attached hydrogens (tertiary/aromatic N) is 1. The van der Waals surface area contributed by atoms with Gasteiger partial charge in [0, 0.05) is 32.3 Å². The number of hydrogen-bond donors (Lipinski definition) is 2. The van der Waals surface area contributed by atoms with Gasteiger partial charge in [0.2, 0.25) is 0 Å². The van der Waals surface area contributed by atoms with Crippen LogP contribution in [-0.4, -0.2) is 48.8 Å². The third kappa shape index (κ3) is 4.96. The number of hydrogen-bond acceptors (Lipinski definition) is 3. The van der Waals surface area contributed by atoms with Crippen molar-refractivity contribution in [2.75, 3.05) is 32.8 Å². The fraction of sp³-hybridized carbons (Fsp3) is 1.00. The predicted octanol–water partition coefficient (Wildman–Crippen LogP) is 1.22. The molecule has 1 saturated carbocycles. The van der Waals surface area contributed by atoms with Crippen LogP contribution >= 0.6 is 0 Å². The molecular formula is C12H26N2O. The molecule has 1 rings (SSSR count). The van der Waals surface area contributed by atoms with Crippen LogP contribution in [0, 0.1) is 0 Å². The first kappa shape index (κ1) is 12.9. The Morgan fingerprint density at radius 3 is 2.60 bits per heavy atom. The Morgan fingerprint density at radius 1 is 1.27 bits per heavy atom. The quantitative estimate of drug-likeness (QED) is 0.567. The average Bonchev–Trinajstić information content (AvgIpc) is 2.17. The van der Waals surface area contributed by atoms with Crippen molar-refractivity contribution >= 4 is 0 Å². The summed E-state index contributed by atoms with van der Waals surface area (Å²) in [5.41, 5.74) is 0. The molecule has 0 bridgehead atoms. The maximum absolute atomic E-state index is 8.86. The largest absolute Gasteiger partial charge is 0.396 e. The average molecular weight is 214 g/mol. The van der Waals surface area contributed by atoms with Crippen LogP contribution in [0.2, 0.25) is 0 Å². The Bertz CT molecular complexity index is 149. The van der Waals surface area contributed by atoms with Gasteiger partial charge in [0.25, 0.3) is 0 Å². The number of aliphatic hydroxyl groups is 1. The van der Waals surface area contributed by atoms with Gasteiger partial charge in [-0.15, -0.1) is 0 Å². The summed E-state index contributed by atoms with van der Waals surface area (Å²) < 4.78 is 0. The fourth-order valence-electron chi connectivity index (χ4n) is 2.03. The molecule has 2 N–H and O–H groups in total. The molecule has 3 heteroatoms. The third-order valence-electron chi connectivity index (χ3n) is 3.20. The van der Waals surface area contributed by atoms with Gasteiger partial charge < -0.3 is 10.4 Å². The van der Waals surface area contributed by atoms with Crippen LogP contribution in [0.3, 0.4) is 0 Å². The van der Waals surface area contributed by atoms with E-state index in [0.29, 0.717) is 6.61 Å². The monoisotopic (exact) mass is 214 g/mol. The molecule has 0 unspecified atom stereocenters. The van der Waals surface area contributed by atoms with Gasteiger partial charge >= 0.3 is 0 Å². The lowest BCUT2D eigenvalue weighted by atomic mass is 9.91. The molecule has 0 saturated heterocycles. The van der Waals surface area contributed by atoms with E-state index < -0.39 is 0 Å². The van der Waals surface area contributed by atoms with Gasteiger partial charge in [-0.3, -0.25) is 4.90 Å². The minimum absolute atomic E-state index is 0.325. The molecule has 0 heterocycles. The molecule has 1 aliphatic carbocycles. The zero-order valence-corrected chi connectivity index (χ0v) is 10.0. The Balaban J connectivity index is 2.10. The molecule has 0 atom stereocenters. The van der Waals surface area contributed by atoms with Crippen LogP contribution in [0.4, 0.5) is 0 Å². The van der Waals surface area contributed by atoms with Gasteiger partial charge in [0.05, 0.1) is 0 Å². The summed E-state index contributed by atoms with van der Waals surface area (Å²) in [6, 6.07) is 0.806. The van der Waals surface area contributed by atoms with E-state index in [1.54, 1.807) is 0 Å². The van der Waals surface area contributed by atoms with Crippen LogP contribution in [-0.2, 0) is 0 Å². The van der Waals surface area contributed by atoms with Crippen molar-refractivity contribution in [1.29, 1.82) is 0 Å². The third-order valence-corrected chi connectivity index (χ3v) is 3.20. The molecule has 0 aromatic heterocycles. The van der Waals surface area contributed by atoms with Gasteiger partial charge in [0.1, 0.15) is 0 Å². The van der Waals surface area contributed by atoms with Crippen LogP contribution in [0.25, 0.3) is 0 Å². The highest BCUT2D eigenvalue weighted by molar-refractivity contribution is 4.80. The second-order valence-electron chi connectivity index (χ2n) is 4.45. The summed E-state index contributed by atoms with van der Waals surface area (Å²) >= 11 is 0. The SMILES string of the molecule is CCCNCCN(CCCO)C1CCC1. The number of aliphatic hydroxyl groups excluding tert-OH is 1. The standard InChI is InChI=1S/C12H26N2O/c1-2-7-13-8-10-14(9-4-11-15)12-5-3-6-12/h12-13,15H,2-11H2,1H3. The first-order valence-electron chi connectivity index (χ1n) is 6.44. The number of rotatable bonds is 9. The smallest absolute Gasteiger partial charge is 0.0443 e. The minimum Gasteiger partial charge on any atom is -0.396 e. The molecule has 0 amide bonds. The molecule has 0 spiro atoms. The molecule has 1 fully saturated rings. The van der Waals surface area contributed by atoms with Crippen molar-refractivity contribution in [3.05, 3.63) is 0 Å². The summed E-state index contributed by atoms with van der Waals surface area (Å²) in [5.74, 6) is 0. The molecule has 0 aromatic carbocycles. The van der Waals surface area contributed by atoms with Crippen molar-refractivity contribution < 1.29 is 5.11 Å². The zero-order chi connectivity index (χ0) is 10.9. The van der Waals surface area contributed by atoms with E-state index in [1.165, 1.54) is 25.7 Å². The Morgan fingerprint density at radius 2 is 2.07 bits per heavy atom. The molecule has 3 nitrogen and oxygen atoms in total. The van der Waals surface area contributed by atoms with Gasteiger partial charge in [0.15, 0.2) is 0 Å². The lowest BCUT2D eigenvalue weighted by Crippen LogP contribution is -2.44. The minimum atomic E-state index is 0.325. The van der Waals surface area contributed by atoms with E-state index in [0.717, 1.165) is 38.6 Å². The van der Waals surface area contributed by atoms with Crippen molar-refractivity contribution in [2.45, 2.75) is 45.1 Å². The van der Waals surface area contributed by atoms with Crippen molar-refractivity contribution in [3.8, 4) is 0 Å². The maximum atomic E-state index is 8.86. The van der Waals surface area contributed by atoms with Crippen LogP contribution in [0.1, 0.15) is 39.0 Å². The topological polar surface area (TPSA) is 35.5 Å². The molecule has 0 radical (unpaired) electrons. The van der Waals surface area contributed by atoms with Crippen LogP contribution < -0.4 is 5.32 Å². The highest BCUT2D eigenvalue weighted by Gasteiger charge is 2.23. The summed E-state index contributed by atoms with van der Waals surface area (Å²) in [4.78, 5) is 2.54. The molecular weight excluding hydrogens is 188 g/mol. The Labute approximate surface area is 93.9 Å². The second-order valence-corrected chi connectivity index (χ2v) is 4.45. The first-order valence-corrected chi connectivity index (χ1v) is 6.44. The van der Waals surface area contributed by atoms with Crippen molar-refractivity contribution in [2.24, 2.45) is 0 Å². The molecule has 15 heavy (non-hydrogen) atoms. The van der Waals surface area contributed by atoms with E-state index in [2.05, 4.69) is 17.1 Å². The van der Waals surface area contributed by atoms with E-state index in [4.69, 9.17) is 5.11 Å². The van der Waals surface area contributed by atoms with E-state index in [1.807, 2.05) is 0 Å². The molecule has 90 valence electrons. The Kier molecular flexibility index (Phi) is 6.98. The second kappa shape index (κ2) is 8.08. The maximum Gasteiger partial charge on any atom is 0.0443 e. The lowest BCUT2D eigenvalue weighted by molar-refractivity contribution is 0.117. The summed E-state index contributed by atoms with van der Waals surface area (Å²) in [6.45, 7) is 6.95.